The number of fused-ring (bicyclic) bond motifs is 1. The van der Waals surface area contributed by atoms with Crippen LogP contribution in [0.15, 0.2) is 66.7 Å². The van der Waals surface area contributed by atoms with Crippen molar-refractivity contribution < 1.29 is 4.74 Å². The van der Waals surface area contributed by atoms with Crippen LogP contribution in [0.2, 0.25) is 0 Å². The van der Waals surface area contributed by atoms with Gasteiger partial charge in [0.15, 0.2) is 0 Å². The van der Waals surface area contributed by atoms with Gasteiger partial charge in [0, 0.05) is 0 Å². The smallest absolute Gasteiger partial charge is 0.126 e. The summed E-state index contributed by atoms with van der Waals surface area (Å²) in [6.45, 7) is 4.91. The summed E-state index contributed by atoms with van der Waals surface area (Å²) >= 11 is 0. The Bertz CT molecular complexity index is 816. The highest BCUT2D eigenvalue weighted by Crippen LogP contribution is 2.32. The normalized spacial score (nSPS) is 11.2. The molecule has 0 aliphatic heterocycles. The Morgan fingerprint density at radius 1 is 0.957 bits per heavy atom. The maximum Gasteiger partial charge on any atom is 0.126 e. The van der Waals surface area contributed by atoms with Gasteiger partial charge in [-0.05, 0) is 52.9 Å². The molecule has 0 heterocycles. The second-order valence-electron chi connectivity index (χ2n) is 5.69. The molecule has 0 radical (unpaired) electrons. The molecule has 0 aliphatic rings. The second-order valence-corrected chi connectivity index (χ2v) is 5.69. The van der Waals surface area contributed by atoms with Crippen molar-refractivity contribution in [3.63, 3.8) is 0 Å². The lowest BCUT2D eigenvalue weighted by atomic mass is 9.99. The lowest BCUT2D eigenvalue weighted by Gasteiger charge is -2.15. The van der Waals surface area contributed by atoms with Crippen LogP contribution in [0.5, 0.6) is 5.75 Å². The molecular formula is C22H22O. The van der Waals surface area contributed by atoms with Gasteiger partial charge >= 0.3 is 0 Å². The largest absolute Gasteiger partial charge is 0.489 e. The molecule has 0 spiro atoms. The van der Waals surface area contributed by atoms with Crippen molar-refractivity contribution in [2.75, 3.05) is 6.61 Å². The van der Waals surface area contributed by atoms with E-state index in [2.05, 4.69) is 68.5 Å². The zero-order valence-electron chi connectivity index (χ0n) is 13.8. The van der Waals surface area contributed by atoms with E-state index in [9.17, 15) is 0 Å². The summed E-state index contributed by atoms with van der Waals surface area (Å²) in [5.74, 6) is 1.03. The van der Waals surface area contributed by atoms with E-state index in [-0.39, 0.29) is 0 Å². The average Bonchev–Trinajstić information content (AvgIpc) is 2.61. The van der Waals surface area contributed by atoms with Crippen molar-refractivity contribution in [3.05, 3.63) is 83.4 Å². The highest BCUT2D eigenvalue weighted by Gasteiger charge is 2.09. The molecule has 23 heavy (non-hydrogen) atoms. The van der Waals surface area contributed by atoms with Gasteiger partial charge in [0.1, 0.15) is 12.4 Å². The summed E-state index contributed by atoms with van der Waals surface area (Å²) in [5, 5.41) is 2.56. The van der Waals surface area contributed by atoms with Gasteiger partial charge in [0.05, 0.1) is 0 Å². The van der Waals surface area contributed by atoms with E-state index in [0.717, 1.165) is 12.2 Å². The third-order valence-corrected chi connectivity index (χ3v) is 4.14. The molecule has 3 aromatic carbocycles. The maximum absolute atomic E-state index is 6.10. The number of rotatable bonds is 5. The predicted molar refractivity (Wildman–Crippen MR) is 99.0 cm³/mol. The summed E-state index contributed by atoms with van der Waals surface area (Å²) in [5.41, 5.74) is 3.70. The fourth-order valence-corrected chi connectivity index (χ4v) is 2.92. The SMILES string of the molecule is CCc1cc2ccccc2c(C)c1OC/C=C/c1ccccc1. The fraction of sp³-hybridized carbons (Fsp3) is 0.182. The summed E-state index contributed by atoms with van der Waals surface area (Å²) in [6.07, 6.45) is 5.15. The Kier molecular flexibility index (Phi) is 4.77. The topological polar surface area (TPSA) is 9.23 Å². The van der Waals surface area contributed by atoms with Crippen molar-refractivity contribution in [1.82, 2.24) is 0 Å². The van der Waals surface area contributed by atoms with Gasteiger partial charge < -0.3 is 4.74 Å². The van der Waals surface area contributed by atoms with Crippen LogP contribution in [0.1, 0.15) is 23.6 Å². The lowest BCUT2D eigenvalue weighted by Crippen LogP contribution is -2.00. The van der Waals surface area contributed by atoms with Crippen LogP contribution in [0, 0.1) is 6.92 Å². The molecule has 0 saturated carbocycles. The molecule has 116 valence electrons. The Labute approximate surface area is 138 Å². The van der Waals surface area contributed by atoms with Crippen LogP contribution in [0.4, 0.5) is 0 Å². The van der Waals surface area contributed by atoms with Crippen LogP contribution < -0.4 is 4.74 Å². The zero-order valence-corrected chi connectivity index (χ0v) is 13.8. The third-order valence-electron chi connectivity index (χ3n) is 4.14. The van der Waals surface area contributed by atoms with Crippen LogP contribution in [-0.2, 0) is 6.42 Å². The molecule has 0 aliphatic carbocycles. The van der Waals surface area contributed by atoms with Crippen molar-refractivity contribution in [2.45, 2.75) is 20.3 Å². The van der Waals surface area contributed by atoms with Crippen molar-refractivity contribution in [3.8, 4) is 5.75 Å². The van der Waals surface area contributed by atoms with E-state index in [1.54, 1.807) is 0 Å². The van der Waals surface area contributed by atoms with Crippen LogP contribution in [0.25, 0.3) is 16.8 Å². The highest BCUT2D eigenvalue weighted by atomic mass is 16.5. The predicted octanol–water partition coefficient (Wildman–Crippen LogP) is 5.80. The quantitative estimate of drug-likeness (QED) is 0.578. The first kappa shape index (κ1) is 15.4. The molecular weight excluding hydrogens is 280 g/mol. The molecule has 3 aromatic rings. The number of ether oxygens (including phenoxy) is 1. The minimum atomic E-state index is 0.584. The lowest BCUT2D eigenvalue weighted by molar-refractivity contribution is 0.358. The Hall–Kier alpha value is -2.54. The molecule has 1 heteroatoms. The first-order chi connectivity index (χ1) is 11.3. The van der Waals surface area contributed by atoms with Gasteiger partial charge in [-0.25, -0.2) is 0 Å². The number of benzene rings is 3. The van der Waals surface area contributed by atoms with Crippen LogP contribution >= 0.6 is 0 Å². The van der Waals surface area contributed by atoms with E-state index in [4.69, 9.17) is 4.74 Å². The fourth-order valence-electron chi connectivity index (χ4n) is 2.92. The van der Waals surface area contributed by atoms with Crippen LogP contribution in [0.3, 0.4) is 0 Å². The van der Waals surface area contributed by atoms with Gasteiger partial charge in [-0.15, -0.1) is 0 Å². The molecule has 0 bridgehead atoms. The first-order valence-corrected chi connectivity index (χ1v) is 8.15. The standard InChI is InChI=1S/C22H22O/c1-3-19-16-20-13-7-8-14-21(20)17(2)22(19)23-15-9-12-18-10-5-4-6-11-18/h4-14,16H,3,15H2,1-2H3/b12-9+. The van der Waals surface area contributed by atoms with Gasteiger partial charge in [-0.2, -0.15) is 0 Å². The first-order valence-electron chi connectivity index (χ1n) is 8.15. The van der Waals surface area contributed by atoms with Gasteiger partial charge in [0.25, 0.3) is 0 Å². The zero-order chi connectivity index (χ0) is 16.1. The summed E-state index contributed by atoms with van der Waals surface area (Å²) in [7, 11) is 0. The van der Waals surface area contributed by atoms with Crippen molar-refractivity contribution in [1.29, 1.82) is 0 Å². The van der Waals surface area contributed by atoms with E-state index >= 15 is 0 Å². The van der Waals surface area contributed by atoms with E-state index in [1.165, 1.54) is 27.5 Å². The summed E-state index contributed by atoms with van der Waals surface area (Å²) < 4.78 is 6.10. The van der Waals surface area contributed by atoms with Gasteiger partial charge in [-0.3, -0.25) is 0 Å². The van der Waals surface area contributed by atoms with E-state index < -0.39 is 0 Å². The Morgan fingerprint density at radius 3 is 2.48 bits per heavy atom. The molecule has 1 nitrogen and oxygen atoms in total. The molecule has 0 N–H and O–H groups in total. The van der Waals surface area contributed by atoms with Gasteiger partial charge in [0.2, 0.25) is 0 Å². The minimum Gasteiger partial charge on any atom is -0.489 e. The third kappa shape index (κ3) is 3.45. The second kappa shape index (κ2) is 7.15. The highest BCUT2D eigenvalue weighted by molar-refractivity contribution is 5.88. The Morgan fingerprint density at radius 2 is 1.70 bits per heavy atom. The molecule has 0 aromatic heterocycles. The minimum absolute atomic E-state index is 0.584. The molecule has 3 rings (SSSR count). The van der Waals surface area contributed by atoms with Gasteiger partial charge in [-0.1, -0.05) is 67.6 Å². The number of aryl methyl sites for hydroxylation is 2. The Balaban J connectivity index is 1.82. The van der Waals surface area contributed by atoms with E-state index in [1.807, 2.05) is 18.2 Å². The molecule has 0 unspecified atom stereocenters. The van der Waals surface area contributed by atoms with Crippen LogP contribution in [-0.4, -0.2) is 6.61 Å². The molecule has 0 atom stereocenters. The number of hydrogen-bond acceptors (Lipinski definition) is 1. The molecule has 0 fully saturated rings. The monoisotopic (exact) mass is 302 g/mol. The number of hydrogen-bond donors (Lipinski definition) is 0. The van der Waals surface area contributed by atoms with E-state index in [0.29, 0.717) is 6.61 Å². The average molecular weight is 302 g/mol. The maximum atomic E-state index is 6.10. The van der Waals surface area contributed by atoms with Crippen molar-refractivity contribution in [2.24, 2.45) is 0 Å². The summed E-state index contributed by atoms with van der Waals surface area (Å²) in [6, 6.07) is 21.1. The summed E-state index contributed by atoms with van der Waals surface area (Å²) in [4.78, 5) is 0. The van der Waals surface area contributed by atoms with Crippen molar-refractivity contribution >= 4 is 16.8 Å². The molecule has 0 saturated heterocycles. The molecule has 0 amide bonds.